The molecule has 2 atom stereocenters. The zero-order valence-corrected chi connectivity index (χ0v) is 17.4. The van der Waals surface area contributed by atoms with Gasteiger partial charge >= 0.3 is 5.97 Å². The van der Waals surface area contributed by atoms with Crippen LogP contribution in [0.3, 0.4) is 0 Å². The van der Waals surface area contributed by atoms with Gasteiger partial charge in [-0.2, -0.15) is 0 Å². The summed E-state index contributed by atoms with van der Waals surface area (Å²) in [5.41, 5.74) is 0.781. The monoisotopic (exact) mass is 390 g/mol. The van der Waals surface area contributed by atoms with E-state index in [1.807, 2.05) is 30.3 Å². The van der Waals surface area contributed by atoms with E-state index in [-0.39, 0.29) is 0 Å². The zero-order valence-electron chi connectivity index (χ0n) is 17.4. The van der Waals surface area contributed by atoms with Gasteiger partial charge in [-0.3, -0.25) is 0 Å². The third-order valence-corrected chi connectivity index (χ3v) is 4.19. The Morgan fingerprint density at radius 1 is 1.07 bits per heavy atom. The Morgan fingerprint density at radius 3 is 2.54 bits per heavy atom. The molecule has 0 heterocycles. The van der Waals surface area contributed by atoms with Crippen LogP contribution >= 0.6 is 0 Å². The molecule has 0 spiro atoms. The van der Waals surface area contributed by atoms with E-state index in [0.29, 0.717) is 19.8 Å². The second kappa shape index (κ2) is 16.1. The van der Waals surface area contributed by atoms with Crippen LogP contribution in [-0.4, -0.2) is 39.7 Å². The number of carbonyl (C=O) groups is 1. The van der Waals surface area contributed by atoms with E-state index in [1.54, 1.807) is 7.11 Å². The molecule has 0 saturated heterocycles. The minimum atomic E-state index is -0.733. The fourth-order valence-corrected chi connectivity index (χ4v) is 2.71. The van der Waals surface area contributed by atoms with Gasteiger partial charge in [-0.05, 0) is 24.8 Å². The molecule has 28 heavy (non-hydrogen) atoms. The van der Waals surface area contributed by atoms with E-state index in [9.17, 15) is 4.79 Å². The van der Waals surface area contributed by atoms with E-state index in [1.165, 1.54) is 13.5 Å². The summed E-state index contributed by atoms with van der Waals surface area (Å²) in [6.45, 7) is 3.07. The number of rotatable bonds is 14. The number of unbranched alkanes of at least 4 members (excludes halogenated alkanes) is 4. The molecule has 5 heteroatoms. The van der Waals surface area contributed by atoms with Crippen molar-refractivity contribution in [1.82, 2.24) is 0 Å². The Hall–Kier alpha value is -1.87. The number of esters is 1. The Bertz CT molecular complexity index is 576. The molecule has 1 aromatic carbocycles. The van der Waals surface area contributed by atoms with Gasteiger partial charge < -0.3 is 18.9 Å². The Labute approximate surface area is 169 Å². The van der Waals surface area contributed by atoms with Crippen molar-refractivity contribution in [2.45, 2.75) is 64.1 Å². The van der Waals surface area contributed by atoms with Gasteiger partial charge in [-0.1, -0.05) is 68.4 Å². The van der Waals surface area contributed by atoms with Crippen molar-refractivity contribution in [3.8, 4) is 11.8 Å². The smallest absolute Gasteiger partial charge is 0.341 e. The lowest BCUT2D eigenvalue weighted by Crippen LogP contribution is -2.23. The molecule has 0 fully saturated rings. The van der Waals surface area contributed by atoms with Crippen molar-refractivity contribution >= 4 is 5.97 Å². The van der Waals surface area contributed by atoms with Crippen LogP contribution in [0, 0.1) is 11.8 Å². The van der Waals surface area contributed by atoms with Crippen molar-refractivity contribution in [3.63, 3.8) is 0 Å². The van der Waals surface area contributed by atoms with Crippen molar-refractivity contribution in [1.29, 1.82) is 0 Å². The maximum Gasteiger partial charge on any atom is 0.341 e. The fourth-order valence-electron chi connectivity index (χ4n) is 2.71. The van der Waals surface area contributed by atoms with Crippen LogP contribution in [0.1, 0.15) is 63.5 Å². The first kappa shape index (κ1) is 24.2. The first-order valence-corrected chi connectivity index (χ1v) is 10.1. The minimum Gasteiger partial charge on any atom is -0.447 e. The molecule has 156 valence electrons. The average Bonchev–Trinajstić information content (AvgIpc) is 2.71. The lowest BCUT2D eigenvalue weighted by atomic mass is 10.1. The summed E-state index contributed by atoms with van der Waals surface area (Å²) >= 11 is 0. The lowest BCUT2D eigenvalue weighted by Gasteiger charge is -2.18. The zero-order chi connectivity index (χ0) is 20.5. The van der Waals surface area contributed by atoms with Crippen molar-refractivity contribution in [2.24, 2.45) is 0 Å². The molecular weight excluding hydrogens is 356 g/mol. The molecule has 0 aliphatic heterocycles. The molecule has 0 amide bonds. The van der Waals surface area contributed by atoms with Crippen LogP contribution in [0.2, 0.25) is 0 Å². The summed E-state index contributed by atoms with van der Waals surface area (Å²) in [6.07, 6.45) is 5.55. The maximum absolute atomic E-state index is 12.6. The number of methoxy groups -OCH3 is 2. The second-order valence-corrected chi connectivity index (χ2v) is 6.54. The first-order chi connectivity index (χ1) is 13.7. The second-order valence-electron chi connectivity index (χ2n) is 6.54. The standard InChI is InChI=1S/C23H34O5/c1-4-5-6-11-16-21(17-12-8-13-18-27-19-25-2)28-23(24)22(26-3)20-14-9-7-10-15-20/h7,9-10,14-15,21-22H,4-6,8,11,13,16,18-19H2,1-3H3/t21-,22-/m1/s1. The molecule has 0 aliphatic carbocycles. The Kier molecular flexibility index (Phi) is 13.9. The molecule has 0 aromatic heterocycles. The molecule has 0 bridgehead atoms. The van der Waals surface area contributed by atoms with Crippen LogP contribution in [0.25, 0.3) is 0 Å². The van der Waals surface area contributed by atoms with Gasteiger partial charge in [-0.15, -0.1) is 0 Å². The highest BCUT2D eigenvalue weighted by Gasteiger charge is 2.24. The number of ether oxygens (including phenoxy) is 4. The van der Waals surface area contributed by atoms with Gasteiger partial charge in [0.1, 0.15) is 6.79 Å². The van der Waals surface area contributed by atoms with Crippen molar-refractivity contribution < 1.29 is 23.7 Å². The topological polar surface area (TPSA) is 54.0 Å². The molecule has 1 rings (SSSR count). The van der Waals surface area contributed by atoms with Gasteiger partial charge in [0.2, 0.25) is 0 Å². The van der Waals surface area contributed by atoms with Gasteiger partial charge in [0.05, 0.1) is 6.61 Å². The van der Waals surface area contributed by atoms with Crippen LogP contribution in [0.5, 0.6) is 0 Å². The fraction of sp³-hybridized carbons (Fsp3) is 0.609. The normalized spacial score (nSPS) is 12.7. The van der Waals surface area contributed by atoms with Gasteiger partial charge in [-0.25, -0.2) is 4.79 Å². The number of benzene rings is 1. The highest BCUT2D eigenvalue weighted by molar-refractivity contribution is 5.77. The Morgan fingerprint density at radius 2 is 1.86 bits per heavy atom. The van der Waals surface area contributed by atoms with Crippen LogP contribution < -0.4 is 0 Å². The van der Waals surface area contributed by atoms with E-state index in [4.69, 9.17) is 18.9 Å². The molecule has 0 unspecified atom stereocenters. The highest BCUT2D eigenvalue weighted by Crippen LogP contribution is 2.20. The van der Waals surface area contributed by atoms with Gasteiger partial charge in [0.25, 0.3) is 0 Å². The number of carbonyl (C=O) groups excluding carboxylic acids is 1. The predicted octanol–water partition coefficient (Wildman–Crippen LogP) is 4.66. The van der Waals surface area contributed by atoms with Gasteiger partial charge in [0.15, 0.2) is 12.2 Å². The minimum absolute atomic E-state index is 0.295. The summed E-state index contributed by atoms with van der Waals surface area (Å²) in [5, 5.41) is 0. The highest BCUT2D eigenvalue weighted by atomic mass is 16.7. The van der Waals surface area contributed by atoms with E-state index < -0.39 is 18.2 Å². The van der Waals surface area contributed by atoms with Crippen LogP contribution in [-0.2, 0) is 23.7 Å². The molecular formula is C23H34O5. The largest absolute Gasteiger partial charge is 0.447 e. The number of hydrogen-bond donors (Lipinski definition) is 0. The number of hydrogen-bond acceptors (Lipinski definition) is 5. The summed E-state index contributed by atoms with van der Waals surface area (Å²) < 4.78 is 21.2. The van der Waals surface area contributed by atoms with Crippen molar-refractivity contribution in [3.05, 3.63) is 35.9 Å². The lowest BCUT2D eigenvalue weighted by molar-refractivity contribution is -0.159. The average molecular weight is 391 g/mol. The van der Waals surface area contributed by atoms with Gasteiger partial charge in [0, 0.05) is 20.6 Å². The molecule has 1 aromatic rings. The molecule has 0 radical (unpaired) electrons. The Balaban J connectivity index is 2.61. The van der Waals surface area contributed by atoms with Crippen LogP contribution in [0.15, 0.2) is 30.3 Å². The van der Waals surface area contributed by atoms with Crippen molar-refractivity contribution in [2.75, 3.05) is 27.6 Å². The first-order valence-electron chi connectivity index (χ1n) is 10.1. The summed E-state index contributed by atoms with van der Waals surface area (Å²) in [7, 11) is 3.11. The van der Waals surface area contributed by atoms with E-state index in [2.05, 4.69) is 18.8 Å². The maximum atomic E-state index is 12.6. The summed E-state index contributed by atoms with van der Waals surface area (Å²) in [5.74, 6) is 5.83. The molecule has 5 nitrogen and oxygen atoms in total. The summed E-state index contributed by atoms with van der Waals surface area (Å²) in [6, 6.07) is 9.37. The third-order valence-electron chi connectivity index (χ3n) is 4.19. The van der Waals surface area contributed by atoms with E-state index in [0.717, 1.165) is 37.7 Å². The molecule has 0 N–H and O–H groups in total. The molecule has 0 saturated carbocycles. The van der Waals surface area contributed by atoms with Crippen LogP contribution in [0.4, 0.5) is 0 Å². The third kappa shape index (κ3) is 10.5. The SMILES string of the molecule is CCCCCC[C@H](C#CCCCOCOC)OC(=O)[C@H](OC)c1ccccc1. The quantitative estimate of drug-likeness (QED) is 0.200. The predicted molar refractivity (Wildman–Crippen MR) is 110 cm³/mol. The van der Waals surface area contributed by atoms with E-state index >= 15 is 0 Å². The summed E-state index contributed by atoms with van der Waals surface area (Å²) in [4.78, 5) is 12.6. The molecule has 0 aliphatic rings.